The van der Waals surface area contributed by atoms with Crippen LogP contribution in [0.15, 0.2) is 22.7 Å². The van der Waals surface area contributed by atoms with Crippen LogP contribution in [0.2, 0.25) is 0 Å². The Morgan fingerprint density at radius 2 is 2.18 bits per heavy atom. The molecule has 1 amide bonds. The van der Waals surface area contributed by atoms with Gasteiger partial charge in [-0.2, -0.15) is 0 Å². The molecule has 5 heteroatoms. The summed E-state index contributed by atoms with van der Waals surface area (Å²) in [5.74, 6) is -0.613. The molecule has 0 heterocycles. The highest BCUT2D eigenvalue weighted by molar-refractivity contribution is 9.10. The zero-order valence-corrected chi connectivity index (χ0v) is 12.0. The highest BCUT2D eigenvalue weighted by Gasteiger charge is 2.14. The van der Waals surface area contributed by atoms with Crippen LogP contribution < -0.4 is 5.32 Å². The molecule has 0 saturated heterocycles. The summed E-state index contributed by atoms with van der Waals surface area (Å²) in [6, 6.07) is 3.95. The Balaban J connectivity index is 2.70. The minimum atomic E-state index is -0.379. The second-order valence-corrected chi connectivity index (χ2v) is 5.61. The van der Waals surface area contributed by atoms with E-state index < -0.39 is 0 Å². The van der Waals surface area contributed by atoms with Crippen LogP contribution in [0.5, 0.6) is 0 Å². The van der Waals surface area contributed by atoms with Crippen LogP contribution in [0.25, 0.3) is 0 Å². The Morgan fingerprint density at radius 1 is 1.53 bits per heavy atom. The van der Waals surface area contributed by atoms with Gasteiger partial charge in [0.05, 0.1) is 5.56 Å². The van der Waals surface area contributed by atoms with Crippen molar-refractivity contribution in [3.8, 4) is 0 Å². The van der Waals surface area contributed by atoms with Crippen molar-refractivity contribution in [1.82, 2.24) is 5.32 Å². The normalized spacial score (nSPS) is 14.2. The molecule has 17 heavy (non-hydrogen) atoms. The van der Waals surface area contributed by atoms with Gasteiger partial charge in [-0.1, -0.05) is 0 Å². The minimum absolute atomic E-state index is 0.00181. The van der Waals surface area contributed by atoms with E-state index in [2.05, 4.69) is 21.2 Å². The average molecular weight is 323 g/mol. The van der Waals surface area contributed by atoms with Gasteiger partial charge in [-0.25, -0.2) is 4.39 Å². The molecule has 0 aromatic heterocycles. The first-order chi connectivity index (χ1) is 7.90. The lowest BCUT2D eigenvalue weighted by molar-refractivity contribution is 0.0937. The maximum absolute atomic E-state index is 12.9. The van der Waals surface area contributed by atoms with Crippen LogP contribution in [0.1, 0.15) is 30.6 Å². The van der Waals surface area contributed by atoms with Gasteiger partial charge in [-0.15, -0.1) is 11.6 Å². The first kappa shape index (κ1) is 14.5. The lowest BCUT2D eigenvalue weighted by Crippen LogP contribution is -2.34. The Labute approximate surface area is 114 Å². The number of hydrogen-bond donors (Lipinski definition) is 1. The van der Waals surface area contributed by atoms with E-state index >= 15 is 0 Å². The molecule has 1 N–H and O–H groups in total. The van der Waals surface area contributed by atoms with Gasteiger partial charge >= 0.3 is 0 Å². The molecule has 94 valence electrons. The Hall–Kier alpha value is -0.610. The molecule has 0 aliphatic heterocycles. The van der Waals surface area contributed by atoms with Gasteiger partial charge in [0.15, 0.2) is 0 Å². The highest BCUT2D eigenvalue weighted by atomic mass is 79.9. The molecule has 2 nitrogen and oxygen atoms in total. The fourth-order valence-electron chi connectivity index (χ4n) is 1.52. The number of benzene rings is 1. The van der Waals surface area contributed by atoms with Crippen molar-refractivity contribution in [2.75, 3.05) is 0 Å². The molecule has 0 bridgehead atoms. The van der Waals surface area contributed by atoms with E-state index in [-0.39, 0.29) is 23.1 Å². The predicted octanol–water partition coefficient (Wildman–Crippen LogP) is 3.72. The second-order valence-electron chi connectivity index (χ2n) is 4.02. The molecule has 1 aromatic rings. The number of carbonyl (C=O) groups is 1. The van der Waals surface area contributed by atoms with Gasteiger partial charge < -0.3 is 5.32 Å². The number of hydrogen-bond acceptors (Lipinski definition) is 1. The van der Waals surface area contributed by atoms with Crippen LogP contribution in [-0.4, -0.2) is 17.3 Å². The standard InChI is InChI=1S/C12H14BrClFNO/c1-7(14)5-8(2)16-12(17)10-4-3-9(15)6-11(10)13/h3-4,6-8H,5H2,1-2H3,(H,16,17). The summed E-state index contributed by atoms with van der Waals surface area (Å²) < 4.78 is 13.3. The number of alkyl halides is 1. The quantitative estimate of drug-likeness (QED) is 0.841. The fraction of sp³-hybridized carbons (Fsp3) is 0.417. The summed E-state index contributed by atoms with van der Waals surface area (Å²) >= 11 is 9.01. The van der Waals surface area contributed by atoms with Crippen molar-refractivity contribution < 1.29 is 9.18 Å². The molecular weight excluding hydrogens is 308 g/mol. The Bertz CT molecular complexity index is 411. The molecule has 2 atom stereocenters. The monoisotopic (exact) mass is 321 g/mol. The van der Waals surface area contributed by atoms with Crippen LogP contribution in [0, 0.1) is 5.82 Å². The van der Waals surface area contributed by atoms with Crippen molar-refractivity contribution in [3.05, 3.63) is 34.1 Å². The van der Waals surface area contributed by atoms with Gasteiger partial charge in [0, 0.05) is 15.9 Å². The van der Waals surface area contributed by atoms with Crippen LogP contribution >= 0.6 is 27.5 Å². The SMILES string of the molecule is CC(Cl)CC(C)NC(=O)c1ccc(F)cc1Br. The predicted molar refractivity (Wildman–Crippen MR) is 71.0 cm³/mol. The zero-order chi connectivity index (χ0) is 13.0. The van der Waals surface area contributed by atoms with Gasteiger partial charge in [0.2, 0.25) is 0 Å². The minimum Gasteiger partial charge on any atom is -0.349 e. The first-order valence-electron chi connectivity index (χ1n) is 5.30. The molecule has 0 spiro atoms. The molecular formula is C12H14BrClFNO. The maximum Gasteiger partial charge on any atom is 0.252 e. The second kappa shape index (κ2) is 6.36. The number of carbonyl (C=O) groups excluding carboxylic acids is 1. The van der Waals surface area contributed by atoms with Crippen LogP contribution in [-0.2, 0) is 0 Å². The molecule has 0 fully saturated rings. The van der Waals surface area contributed by atoms with E-state index in [0.29, 0.717) is 16.5 Å². The van der Waals surface area contributed by atoms with Crippen molar-refractivity contribution >= 4 is 33.4 Å². The smallest absolute Gasteiger partial charge is 0.252 e. The van der Waals surface area contributed by atoms with E-state index in [0.717, 1.165) is 0 Å². The largest absolute Gasteiger partial charge is 0.349 e. The van der Waals surface area contributed by atoms with E-state index in [1.165, 1.54) is 18.2 Å². The number of rotatable bonds is 4. The topological polar surface area (TPSA) is 29.1 Å². The summed E-state index contributed by atoms with van der Waals surface area (Å²) in [6.45, 7) is 3.76. The lowest BCUT2D eigenvalue weighted by atomic mass is 10.1. The Kier molecular flexibility index (Phi) is 5.40. The van der Waals surface area contributed by atoms with E-state index in [4.69, 9.17) is 11.6 Å². The van der Waals surface area contributed by atoms with Gasteiger partial charge in [-0.05, 0) is 54.4 Å². The summed E-state index contributed by atoms with van der Waals surface area (Å²) in [5, 5.41) is 2.81. The molecule has 1 aromatic carbocycles. The van der Waals surface area contributed by atoms with Crippen molar-refractivity contribution in [1.29, 1.82) is 0 Å². The number of amides is 1. The molecule has 2 unspecified atom stereocenters. The van der Waals surface area contributed by atoms with E-state index in [1.54, 1.807) is 0 Å². The van der Waals surface area contributed by atoms with Gasteiger partial charge in [-0.3, -0.25) is 4.79 Å². The fourth-order valence-corrected chi connectivity index (χ4v) is 2.32. The van der Waals surface area contributed by atoms with Crippen molar-refractivity contribution in [2.45, 2.75) is 31.7 Å². The molecule has 0 aliphatic rings. The number of halogens is 3. The van der Waals surface area contributed by atoms with Crippen molar-refractivity contribution in [2.24, 2.45) is 0 Å². The zero-order valence-electron chi connectivity index (χ0n) is 9.64. The third-order valence-corrected chi connectivity index (χ3v) is 3.07. The molecule has 0 saturated carbocycles. The summed E-state index contributed by atoms with van der Waals surface area (Å²) in [6.07, 6.45) is 0.687. The molecule has 0 radical (unpaired) electrons. The van der Waals surface area contributed by atoms with E-state index in [1.807, 2.05) is 13.8 Å². The summed E-state index contributed by atoms with van der Waals surface area (Å²) in [4.78, 5) is 11.9. The number of nitrogens with one attached hydrogen (secondary N) is 1. The highest BCUT2D eigenvalue weighted by Crippen LogP contribution is 2.18. The van der Waals surface area contributed by atoms with Gasteiger partial charge in [0.1, 0.15) is 5.82 Å². The lowest BCUT2D eigenvalue weighted by Gasteiger charge is -2.15. The third-order valence-electron chi connectivity index (χ3n) is 2.23. The summed E-state index contributed by atoms with van der Waals surface area (Å²) in [7, 11) is 0. The Morgan fingerprint density at radius 3 is 2.71 bits per heavy atom. The third kappa shape index (κ3) is 4.64. The van der Waals surface area contributed by atoms with E-state index in [9.17, 15) is 9.18 Å². The van der Waals surface area contributed by atoms with Crippen LogP contribution in [0.4, 0.5) is 4.39 Å². The van der Waals surface area contributed by atoms with Crippen LogP contribution in [0.3, 0.4) is 0 Å². The molecule has 0 aliphatic carbocycles. The molecule has 1 rings (SSSR count). The maximum atomic E-state index is 12.9. The first-order valence-corrected chi connectivity index (χ1v) is 6.53. The van der Waals surface area contributed by atoms with Gasteiger partial charge in [0.25, 0.3) is 5.91 Å². The average Bonchev–Trinajstić information content (AvgIpc) is 2.15. The van der Waals surface area contributed by atoms with Crippen molar-refractivity contribution in [3.63, 3.8) is 0 Å². The summed E-state index contributed by atoms with van der Waals surface area (Å²) in [5.41, 5.74) is 0.417.